The number of carbonyl (C=O) groups is 1. The monoisotopic (exact) mass is 459 g/mol. The maximum Gasteiger partial charge on any atom is 0.511 e. The van der Waals surface area contributed by atoms with Crippen molar-refractivity contribution in [3.05, 3.63) is 33.3 Å². The van der Waals surface area contributed by atoms with Gasteiger partial charge in [-0.15, -0.1) is 12.4 Å². The lowest BCUT2D eigenvalue weighted by Gasteiger charge is -2.25. The highest BCUT2D eigenvalue weighted by molar-refractivity contribution is 6.38. The molecule has 8 nitrogen and oxygen atoms in total. The molecule has 3 aliphatic rings. The normalized spacial score (nSPS) is 23.2. The van der Waals surface area contributed by atoms with Gasteiger partial charge in [-0.25, -0.2) is 9.18 Å². The first-order valence-corrected chi connectivity index (χ1v) is 9.89. The average molecular weight is 460 g/mol. The van der Waals surface area contributed by atoms with Gasteiger partial charge in [0.15, 0.2) is 5.75 Å². The number of ether oxygens (including phenoxy) is 2. The van der Waals surface area contributed by atoms with Gasteiger partial charge in [0.05, 0.1) is 46.6 Å². The molecule has 2 aromatic rings. The molecule has 11 heteroatoms. The largest absolute Gasteiger partial charge is 0.511 e. The smallest absolute Gasteiger partial charge is 0.449 e. The van der Waals surface area contributed by atoms with Gasteiger partial charge in [-0.2, -0.15) is 0 Å². The highest BCUT2D eigenvalue weighted by atomic mass is 35.5. The number of nitrogens with zero attached hydrogens (tertiary/aromatic N) is 2. The third kappa shape index (κ3) is 3.49. The minimum Gasteiger partial charge on any atom is -0.449 e. The maximum absolute atomic E-state index is 15.1. The van der Waals surface area contributed by atoms with Crippen LogP contribution in [0.5, 0.6) is 5.75 Å². The van der Waals surface area contributed by atoms with Crippen LogP contribution in [0.3, 0.4) is 0 Å². The van der Waals surface area contributed by atoms with E-state index in [4.69, 9.17) is 21.4 Å². The summed E-state index contributed by atoms with van der Waals surface area (Å²) in [5.41, 5.74) is -0.0662. The minimum absolute atomic E-state index is 0. The van der Waals surface area contributed by atoms with E-state index in [0.717, 1.165) is 25.5 Å². The molecule has 1 saturated carbocycles. The zero-order chi connectivity index (χ0) is 20.3. The van der Waals surface area contributed by atoms with Gasteiger partial charge in [0.25, 0.3) is 0 Å². The quantitative estimate of drug-likeness (QED) is 0.681. The van der Waals surface area contributed by atoms with Gasteiger partial charge in [0.2, 0.25) is 5.43 Å². The number of morpholine rings is 1. The predicted octanol–water partition coefficient (Wildman–Crippen LogP) is 2.78. The molecule has 2 N–H and O–H groups in total. The van der Waals surface area contributed by atoms with Crippen LogP contribution in [0.2, 0.25) is 5.02 Å². The summed E-state index contributed by atoms with van der Waals surface area (Å²) in [6, 6.07) is 1.28. The molecule has 5 rings (SSSR count). The van der Waals surface area contributed by atoms with Crippen molar-refractivity contribution < 1.29 is 23.8 Å². The lowest BCUT2D eigenvalue weighted by molar-refractivity contribution is 0.0212. The van der Waals surface area contributed by atoms with Crippen molar-refractivity contribution in [3.8, 4) is 5.75 Å². The summed E-state index contributed by atoms with van der Waals surface area (Å²) in [4.78, 5) is 25.5. The number of nitrogens with one attached hydrogen (secondary N) is 1. The Balaban J connectivity index is 0.00000218. The topological polar surface area (TPSA) is 93.0 Å². The second-order valence-corrected chi connectivity index (χ2v) is 8.00. The van der Waals surface area contributed by atoms with Crippen molar-refractivity contribution >= 4 is 46.8 Å². The number of hydrogen-bond acceptors (Lipinski definition) is 6. The molecule has 162 valence electrons. The summed E-state index contributed by atoms with van der Waals surface area (Å²) < 4.78 is 27.3. The summed E-state index contributed by atoms with van der Waals surface area (Å²) in [5.74, 6) is -0.988. The van der Waals surface area contributed by atoms with Gasteiger partial charge in [-0.1, -0.05) is 11.6 Å². The van der Waals surface area contributed by atoms with Crippen LogP contribution in [-0.4, -0.2) is 54.2 Å². The van der Waals surface area contributed by atoms with E-state index < -0.39 is 17.4 Å². The summed E-state index contributed by atoms with van der Waals surface area (Å²) in [5, 5.41) is 12.4. The van der Waals surface area contributed by atoms with Crippen LogP contribution in [0, 0.1) is 5.82 Å². The van der Waals surface area contributed by atoms with Gasteiger partial charge in [-0.3, -0.25) is 4.79 Å². The number of anilines is 1. The lowest BCUT2D eigenvalue weighted by Crippen LogP contribution is -2.47. The molecule has 0 bridgehead atoms. The molecule has 1 aromatic carbocycles. The Morgan fingerprint density at radius 2 is 2.13 bits per heavy atom. The summed E-state index contributed by atoms with van der Waals surface area (Å²) in [6.07, 6.45) is 1.43. The summed E-state index contributed by atoms with van der Waals surface area (Å²) in [7, 11) is 0. The third-order valence-electron chi connectivity index (χ3n) is 5.71. The molecule has 2 saturated heterocycles. The van der Waals surface area contributed by atoms with Crippen LogP contribution in [0.1, 0.15) is 18.9 Å². The Morgan fingerprint density at radius 3 is 2.80 bits per heavy atom. The third-order valence-corrected chi connectivity index (χ3v) is 6.07. The van der Waals surface area contributed by atoms with Crippen molar-refractivity contribution in [2.45, 2.75) is 31.0 Å². The Labute approximate surface area is 181 Å². The molecule has 3 fully saturated rings. The minimum atomic E-state index is -1.60. The molecule has 0 radical (unpaired) electrons. The molecular weight excluding hydrogens is 440 g/mol. The molecule has 0 unspecified atom stereocenters. The second kappa shape index (κ2) is 7.88. The maximum atomic E-state index is 15.1. The van der Waals surface area contributed by atoms with E-state index in [2.05, 4.69) is 10.1 Å². The zero-order valence-electron chi connectivity index (χ0n) is 15.8. The SMILES string of the molecule is Cl.O=C(O)Oc1cn(C2CC2)c2c(Cl)c(N3C[C@@H]4NCCO[C@@H]4C3)c(F)cc2c1=O. The molecule has 2 aliphatic heterocycles. The highest BCUT2D eigenvalue weighted by Crippen LogP contribution is 2.43. The van der Waals surface area contributed by atoms with Crippen molar-refractivity contribution in [3.63, 3.8) is 0 Å². The van der Waals surface area contributed by atoms with Gasteiger partial charge in [0, 0.05) is 25.7 Å². The first-order valence-electron chi connectivity index (χ1n) is 9.51. The van der Waals surface area contributed by atoms with E-state index in [1.54, 1.807) is 4.57 Å². The van der Waals surface area contributed by atoms with Crippen LogP contribution < -0.4 is 20.4 Å². The number of aromatic nitrogens is 1. The first kappa shape index (κ1) is 21.2. The predicted molar refractivity (Wildman–Crippen MR) is 111 cm³/mol. The van der Waals surface area contributed by atoms with E-state index in [-0.39, 0.29) is 52.4 Å². The van der Waals surface area contributed by atoms with Gasteiger partial charge < -0.3 is 29.4 Å². The van der Waals surface area contributed by atoms with Gasteiger partial charge >= 0.3 is 6.16 Å². The van der Waals surface area contributed by atoms with E-state index in [0.29, 0.717) is 25.2 Å². The number of rotatable bonds is 3. The molecule has 0 spiro atoms. The Hall–Kier alpha value is -2.07. The summed E-state index contributed by atoms with van der Waals surface area (Å²) >= 11 is 6.67. The standard InChI is InChI=1S/C19H19ClFN3O5.ClH/c20-15-16-10(18(25)14(29-19(26)27)8-24(16)9-1-2-9)5-11(21)17(15)23-6-12-13(7-23)28-4-3-22-12;/h5,8-9,12-13,22H,1-4,6-7H2,(H,26,27);1H/t12-,13+;/m0./s1. The molecule has 30 heavy (non-hydrogen) atoms. The fraction of sp³-hybridized carbons (Fsp3) is 0.474. The van der Waals surface area contributed by atoms with Crippen molar-refractivity contribution in [1.82, 2.24) is 9.88 Å². The zero-order valence-corrected chi connectivity index (χ0v) is 17.3. The molecule has 1 aromatic heterocycles. The van der Waals surface area contributed by atoms with Crippen molar-refractivity contribution in [2.75, 3.05) is 31.1 Å². The van der Waals surface area contributed by atoms with Crippen molar-refractivity contribution in [2.24, 2.45) is 0 Å². The lowest BCUT2D eigenvalue weighted by atomic mass is 10.1. The van der Waals surface area contributed by atoms with Crippen LogP contribution >= 0.6 is 24.0 Å². The number of pyridine rings is 1. The van der Waals surface area contributed by atoms with E-state index in [1.807, 2.05) is 4.90 Å². The highest BCUT2D eigenvalue weighted by Gasteiger charge is 2.38. The molecule has 2 atom stereocenters. The Bertz CT molecular complexity index is 1060. The number of halogens is 3. The number of benzene rings is 1. The molecule has 3 heterocycles. The van der Waals surface area contributed by atoms with E-state index >= 15 is 4.39 Å². The van der Waals surface area contributed by atoms with Crippen molar-refractivity contribution in [1.29, 1.82) is 0 Å². The molecule has 0 amide bonds. The first-order chi connectivity index (χ1) is 13.9. The number of fused-ring (bicyclic) bond motifs is 2. The van der Waals surface area contributed by atoms with Gasteiger partial charge in [0.1, 0.15) is 5.82 Å². The van der Waals surface area contributed by atoms with E-state index in [9.17, 15) is 9.59 Å². The van der Waals surface area contributed by atoms with Crippen LogP contribution in [0.4, 0.5) is 14.9 Å². The van der Waals surface area contributed by atoms with Crippen LogP contribution in [0.25, 0.3) is 10.9 Å². The molecule has 1 aliphatic carbocycles. The fourth-order valence-corrected chi connectivity index (χ4v) is 4.69. The van der Waals surface area contributed by atoms with Crippen LogP contribution in [-0.2, 0) is 4.74 Å². The van der Waals surface area contributed by atoms with E-state index in [1.165, 1.54) is 6.20 Å². The average Bonchev–Trinajstić information content (AvgIpc) is 3.43. The molecular formula is C19H20Cl2FN3O5. The van der Waals surface area contributed by atoms with Gasteiger partial charge in [-0.05, 0) is 18.9 Å². The Kier molecular flexibility index (Phi) is 5.56. The fourth-order valence-electron chi connectivity index (χ4n) is 4.28. The number of hydrogen-bond donors (Lipinski definition) is 2. The second-order valence-electron chi connectivity index (χ2n) is 7.62. The Morgan fingerprint density at radius 1 is 1.37 bits per heavy atom. The number of carboxylic acid groups (broad SMARTS) is 1. The summed E-state index contributed by atoms with van der Waals surface area (Å²) in [6.45, 7) is 2.39. The van der Waals surface area contributed by atoms with Crippen LogP contribution in [0.15, 0.2) is 17.1 Å².